The molecule has 1 fully saturated rings. The molecule has 0 aromatic heterocycles. The Morgan fingerprint density at radius 1 is 1.23 bits per heavy atom. The van der Waals surface area contributed by atoms with Crippen LogP contribution in [0.1, 0.15) is 57.4 Å². The Hall–Kier alpha value is -1.79. The molecule has 1 heterocycles. The van der Waals surface area contributed by atoms with Crippen molar-refractivity contribution in [3.8, 4) is 0 Å². The molecule has 3 atom stereocenters. The smallest absolute Gasteiger partial charge is 0.303 e. The largest absolute Gasteiger partial charge is 0.481 e. The van der Waals surface area contributed by atoms with Gasteiger partial charge in [-0.25, -0.2) is 0 Å². The molecular weight excluding hydrogens is 410 g/mol. The van der Waals surface area contributed by atoms with E-state index in [1.807, 2.05) is 23.1 Å². The van der Waals surface area contributed by atoms with Gasteiger partial charge in [-0.15, -0.1) is 0 Å². The maximum Gasteiger partial charge on any atom is 0.303 e. The van der Waals surface area contributed by atoms with E-state index in [4.69, 9.17) is 5.11 Å². The van der Waals surface area contributed by atoms with E-state index in [2.05, 4.69) is 31.2 Å². The molecule has 0 saturated carbocycles. The number of hydrogen-bond acceptors (Lipinski definition) is 4. The number of hydrogen-bond donors (Lipinski definition) is 2. The molecule has 172 valence electrons. The summed E-state index contributed by atoms with van der Waals surface area (Å²) in [6.45, 7) is 2.76. The summed E-state index contributed by atoms with van der Waals surface area (Å²) in [4.78, 5) is 24.7. The third kappa shape index (κ3) is 9.92. The van der Waals surface area contributed by atoms with Crippen LogP contribution in [0.5, 0.6) is 0 Å². The maximum absolute atomic E-state index is 12.2. The molecule has 31 heavy (non-hydrogen) atoms. The number of benzene rings is 1. The Morgan fingerprint density at radius 3 is 2.74 bits per heavy atom. The van der Waals surface area contributed by atoms with E-state index in [0.29, 0.717) is 19.4 Å². The van der Waals surface area contributed by atoms with Crippen LogP contribution in [0.25, 0.3) is 0 Å². The molecule has 1 aliphatic rings. The first-order valence-electron chi connectivity index (χ1n) is 11.5. The number of aliphatic hydroxyl groups excluding tert-OH is 1. The van der Waals surface area contributed by atoms with E-state index in [1.165, 1.54) is 5.56 Å². The summed E-state index contributed by atoms with van der Waals surface area (Å²) in [5, 5.41) is 19.2. The molecule has 0 bridgehead atoms. The first-order chi connectivity index (χ1) is 15.0. The monoisotopic (exact) mass is 447 g/mol. The first-order valence-corrected chi connectivity index (χ1v) is 12.6. The highest BCUT2D eigenvalue weighted by Gasteiger charge is 2.28. The van der Waals surface area contributed by atoms with E-state index in [9.17, 15) is 14.7 Å². The molecule has 0 spiro atoms. The number of carboxylic acid groups (broad SMARTS) is 1. The van der Waals surface area contributed by atoms with Crippen molar-refractivity contribution >= 4 is 23.6 Å². The summed E-state index contributed by atoms with van der Waals surface area (Å²) >= 11 is 1.69. The van der Waals surface area contributed by atoms with E-state index in [1.54, 1.807) is 11.8 Å². The Bertz CT molecular complexity index is 694. The second-order valence-electron chi connectivity index (χ2n) is 8.39. The van der Waals surface area contributed by atoms with Gasteiger partial charge in [-0.3, -0.25) is 9.59 Å². The summed E-state index contributed by atoms with van der Waals surface area (Å²) in [6.07, 6.45) is 9.89. The van der Waals surface area contributed by atoms with Gasteiger partial charge in [0.05, 0.1) is 12.1 Å². The molecule has 0 unspecified atom stereocenters. The highest BCUT2D eigenvalue weighted by molar-refractivity contribution is 7.99. The van der Waals surface area contributed by atoms with Gasteiger partial charge in [0.2, 0.25) is 5.91 Å². The Kier molecular flexibility index (Phi) is 11.8. The zero-order valence-electron chi connectivity index (χ0n) is 18.6. The van der Waals surface area contributed by atoms with Gasteiger partial charge in [0.25, 0.3) is 0 Å². The van der Waals surface area contributed by atoms with Crippen LogP contribution in [0.4, 0.5) is 0 Å². The molecule has 1 aromatic carbocycles. The maximum atomic E-state index is 12.2. The van der Waals surface area contributed by atoms with Crippen LogP contribution in [0.3, 0.4) is 0 Å². The lowest BCUT2D eigenvalue weighted by molar-refractivity contribution is -0.137. The molecule has 0 radical (unpaired) electrons. The number of nitrogens with zero attached hydrogens (tertiary/aromatic N) is 1. The van der Waals surface area contributed by atoms with Crippen LogP contribution in [0, 0.1) is 5.92 Å². The minimum Gasteiger partial charge on any atom is -0.481 e. The van der Waals surface area contributed by atoms with Gasteiger partial charge in [-0.1, -0.05) is 55.8 Å². The number of aliphatic hydroxyl groups is 1. The fraction of sp³-hybridized carbons (Fsp3) is 0.600. The van der Waals surface area contributed by atoms with Crippen LogP contribution < -0.4 is 0 Å². The summed E-state index contributed by atoms with van der Waals surface area (Å²) < 4.78 is 0. The molecule has 1 saturated heterocycles. The number of aryl methyl sites for hydroxylation is 1. The topological polar surface area (TPSA) is 77.8 Å². The molecule has 6 heteroatoms. The SMILES string of the molecule is C[C@@H](CCCCc1ccccc1)[C@H](O)/C=C/[C@H]1CCC(=O)N1CCSCCCC(=O)O. The van der Waals surface area contributed by atoms with Crippen molar-refractivity contribution in [3.63, 3.8) is 0 Å². The predicted molar refractivity (Wildman–Crippen MR) is 127 cm³/mol. The van der Waals surface area contributed by atoms with E-state index >= 15 is 0 Å². The van der Waals surface area contributed by atoms with Crippen molar-refractivity contribution in [2.75, 3.05) is 18.1 Å². The second-order valence-corrected chi connectivity index (χ2v) is 9.61. The van der Waals surface area contributed by atoms with Gasteiger partial charge in [-0.2, -0.15) is 11.8 Å². The number of amides is 1. The van der Waals surface area contributed by atoms with Crippen molar-refractivity contribution < 1.29 is 19.8 Å². The van der Waals surface area contributed by atoms with Gasteiger partial charge in [0, 0.05) is 25.1 Å². The number of thioether (sulfide) groups is 1. The van der Waals surface area contributed by atoms with Crippen LogP contribution in [0.2, 0.25) is 0 Å². The molecule has 1 amide bonds. The number of carbonyl (C=O) groups excluding carboxylic acids is 1. The lowest BCUT2D eigenvalue weighted by Gasteiger charge is -2.23. The predicted octanol–water partition coefficient (Wildman–Crippen LogP) is 4.54. The van der Waals surface area contributed by atoms with Crippen molar-refractivity contribution in [1.29, 1.82) is 0 Å². The number of likely N-dealkylation sites (tertiary alicyclic amines) is 1. The van der Waals surface area contributed by atoms with Gasteiger partial charge in [0.1, 0.15) is 0 Å². The van der Waals surface area contributed by atoms with Crippen molar-refractivity contribution in [2.24, 2.45) is 5.92 Å². The van der Waals surface area contributed by atoms with Gasteiger partial charge < -0.3 is 15.1 Å². The zero-order valence-corrected chi connectivity index (χ0v) is 19.4. The minimum atomic E-state index is -0.760. The van der Waals surface area contributed by atoms with Gasteiger partial charge in [0.15, 0.2) is 0 Å². The van der Waals surface area contributed by atoms with E-state index < -0.39 is 12.1 Å². The molecule has 0 aliphatic carbocycles. The Morgan fingerprint density at radius 2 is 2.00 bits per heavy atom. The van der Waals surface area contributed by atoms with Crippen molar-refractivity contribution in [1.82, 2.24) is 4.90 Å². The number of carboxylic acids is 1. The molecule has 1 aromatic rings. The van der Waals surface area contributed by atoms with Gasteiger partial charge in [-0.05, 0) is 49.3 Å². The third-order valence-electron chi connectivity index (χ3n) is 5.86. The van der Waals surface area contributed by atoms with Crippen LogP contribution in [-0.2, 0) is 16.0 Å². The van der Waals surface area contributed by atoms with Crippen LogP contribution in [0.15, 0.2) is 42.5 Å². The fourth-order valence-corrected chi connectivity index (χ4v) is 4.76. The molecule has 2 N–H and O–H groups in total. The summed E-state index contributed by atoms with van der Waals surface area (Å²) in [5.74, 6) is 1.22. The lowest BCUT2D eigenvalue weighted by atomic mass is 9.95. The Labute approximate surface area is 190 Å². The zero-order chi connectivity index (χ0) is 22.5. The quantitative estimate of drug-likeness (QED) is 0.305. The first kappa shape index (κ1) is 25.5. The van der Waals surface area contributed by atoms with Crippen LogP contribution >= 0.6 is 11.8 Å². The van der Waals surface area contributed by atoms with Crippen molar-refractivity contribution in [3.05, 3.63) is 48.0 Å². The molecule has 5 nitrogen and oxygen atoms in total. The number of carbonyl (C=O) groups is 2. The lowest BCUT2D eigenvalue weighted by Crippen LogP contribution is -2.34. The number of unbranched alkanes of at least 4 members (excludes halogenated alkanes) is 1. The average molecular weight is 448 g/mol. The second kappa shape index (κ2) is 14.3. The highest BCUT2D eigenvalue weighted by Crippen LogP contribution is 2.22. The number of aliphatic carboxylic acids is 1. The normalized spacial score (nSPS) is 18.6. The Balaban J connectivity index is 1.66. The fourth-order valence-electron chi connectivity index (χ4n) is 3.88. The summed E-state index contributed by atoms with van der Waals surface area (Å²) in [7, 11) is 0. The highest BCUT2D eigenvalue weighted by atomic mass is 32.2. The minimum absolute atomic E-state index is 0.0621. The van der Waals surface area contributed by atoms with Gasteiger partial charge >= 0.3 is 5.97 Å². The molecule has 2 rings (SSSR count). The summed E-state index contributed by atoms with van der Waals surface area (Å²) in [5.41, 5.74) is 1.36. The van der Waals surface area contributed by atoms with E-state index in [0.717, 1.165) is 43.6 Å². The van der Waals surface area contributed by atoms with Crippen molar-refractivity contribution in [2.45, 2.75) is 70.4 Å². The van der Waals surface area contributed by atoms with E-state index in [-0.39, 0.29) is 24.3 Å². The average Bonchev–Trinajstić information content (AvgIpc) is 3.11. The molecular formula is C25H37NO4S. The molecule has 1 aliphatic heterocycles. The standard InChI is InChI=1S/C25H37NO4S/c1-20(8-5-6-11-21-9-3-2-4-10-21)23(27)15-13-22-14-16-24(28)26(22)17-19-31-18-7-12-25(29)30/h2-4,9-10,13,15,20,22-23,27H,5-8,11-12,14,16-19H2,1H3,(H,29,30)/b15-13+/t20-,22-,23+/m0/s1. The van der Waals surface area contributed by atoms with Crippen LogP contribution in [-0.4, -0.2) is 57.2 Å². The summed E-state index contributed by atoms with van der Waals surface area (Å²) in [6, 6.07) is 10.6. The third-order valence-corrected chi connectivity index (χ3v) is 6.91. The number of rotatable bonds is 15.